The van der Waals surface area contributed by atoms with Gasteiger partial charge in [-0.2, -0.15) is 5.10 Å². The number of nitrogens with zero attached hydrogens (tertiary/aromatic N) is 2. The number of fused-ring (bicyclic) bond motifs is 2. The lowest BCUT2D eigenvalue weighted by Gasteiger charge is -2.40. The van der Waals surface area contributed by atoms with Gasteiger partial charge in [-0.15, -0.1) is 0 Å². The first-order valence-electron chi connectivity index (χ1n) is 17.2. The molecule has 0 aliphatic carbocycles. The molecule has 2 aliphatic rings. The third-order valence-corrected chi connectivity index (χ3v) is 10.9. The smallest absolute Gasteiger partial charge is 0.335 e. The Balaban J connectivity index is 1.34. The number of carboxylic acids is 1. The molecule has 3 heterocycles. The fourth-order valence-electron chi connectivity index (χ4n) is 8.16. The van der Waals surface area contributed by atoms with Crippen LogP contribution in [0.4, 0.5) is 11.4 Å². The first kappa shape index (κ1) is 35.6. The van der Waals surface area contributed by atoms with E-state index in [1.54, 1.807) is 6.07 Å². The Morgan fingerprint density at radius 2 is 1.79 bits per heavy atom. The van der Waals surface area contributed by atoms with Gasteiger partial charge in [0.15, 0.2) is 0 Å². The van der Waals surface area contributed by atoms with Crippen LogP contribution in [-0.2, 0) is 16.8 Å². The van der Waals surface area contributed by atoms with Crippen molar-refractivity contribution in [1.82, 2.24) is 15.5 Å². The third-order valence-electron chi connectivity index (χ3n) is 10.3. The Hall–Kier alpha value is -4.83. The Labute approximate surface area is 313 Å². The number of aromatic nitrogens is 2. The Bertz CT molecular complexity index is 2110. The lowest BCUT2D eigenvalue weighted by molar-refractivity contribution is -0.118. The van der Waals surface area contributed by atoms with Crippen molar-refractivity contribution in [3.05, 3.63) is 130 Å². The molecule has 4 N–H and O–H groups in total. The van der Waals surface area contributed by atoms with E-state index in [-0.39, 0.29) is 28.7 Å². The Morgan fingerprint density at radius 3 is 2.46 bits per heavy atom. The minimum absolute atomic E-state index is 0.0580. The maximum Gasteiger partial charge on any atom is 0.335 e. The minimum atomic E-state index is -1.09. The number of H-pyrrole nitrogens is 1. The van der Waals surface area contributed by atoms with Crippen molar-refractivity contribution < 1.29 is 19.4 Å². The summed E-state index contributed by atoms with van der Waals surface area (Å²) in [6.07, 6.45) is 4.45. The normalized spacial score (nSPS) is 21.0. The molecule has 4 aromatic carbocycles. The molecular weight excluding hydrogens is 697 g/mol. The number of halogens is 2. The summed E-state index contributed by atoms with van der Waals surface area (Å²) in [5, 5.41) is 24.6. The zero-order chi connectivity index (χ0) is 36.8. The van der Waals surface area contributed by atoms with E-state index >= 15 is 0 Å². The highest BCUT2D eigenvalue weighted by Crippen LogP contribution is 2.59. The summed E-state index contributed by atoms with van der Waals surface area (Å²) < 4.78 is 5.52. The molecule has 7 rings (SSSR count). The van der Waals surface area contributed by atoms with Crippen LogP contribution in [0, 0.1) is 5.41 Å². The maximum atomic E-state index is 14.7. The van der Waals surface area contributed by atoms with Gasteiger partial charge in [0.1, 0.15) is 5.75 Å². The number of benzene rings is 4. The van der Waals surface area contributed by atoms with Crippen LogP contribution in [0.15, 0.2) is 97.3 Å². The molecule has 2 aliphatic heterocycles. The third kappa shape index (κ3) is 6.64. The molecule has 1 aromatic heterocycles. The molecule has 0 radical (unpaired) electrons. The van der Waals surface area contributed by atoms with Crippen molar-refractivity contribution in [2.75, 3.05) is 23.9 Å². The van der Waals surface area contributed by atoms with Gasteiger partial charge in [0.25, 0.3) is 0 Å². The fraction of sp³-hybridized carbons (Fsp3) is 0.293. The van der Waals surface area contributed by atoms with Crippen molar-refractivity contribution in [3.8, 4) is 16.9 Å². The molecule has 268 valence electrons. The molecule has 9 nitrogen and oxygen atoms in total. The SMILES string of the molecule is COc1cc(C(=O)O)ccc1NC(=O)[C@@H]1N[C@@H](CC(C)(C)C)[C@@]2(CN(Cc3ccc(-c4cn[nH]c4)cc3)c3ccc(Cl)cc32)[C@H]1c1ccccc1Cl. The molecule has 11 heteroatoms. The number of hydrogen-bond acceptors (Lipinski definition) is 6. The van der Waals surface area contributed by atoms with E-state index in [1.807, 2.05) is 42.7 Å². The number of ether oxygens (including phenoxy) is 1. The highest BCUT2D eigenvalue weighted by atomic mass is 35.5. The van der Waals surface area contributed by atoms with Gasteiger partial charge in [-0.3, -0.25) is 9.89 Å². The number of anilines is 2. The fourth-order valence-corrected chi connectivity index (χ4v) is 8.58. The number of carboxylic acid groups (broad SMARTS) is 1. The zero-order valence-electron chi connectivity index (χ0n) is 29.4. The van der Waals surface area contributed by atoms with E-state index in [0.717, 1.165) is 39.9 Å². The summed E-state index contributed by atoms with van der Waals surface area (Å²) in [6, 6.07) is 25.9. The number of aromatic carboxylic acids is 1. The average Bonchev–Trinajstić information content (AvgIpc) is 3.83. The number of nitrogens with one attached hydrogen (secondary N) is 3. The first-order valence-corrected chi connectivity index (χ1v) is 18.0. The molecular formula is C41H41Cl2N5O4. The van der Waals surface area contributed by atoms with Crippen LogP contribution in [-0.4, -0.2) is 52.9 Å². The van der Waals surface area contributed by atoms with Gasteiger partial charge >= 0.3 is 5.97 Å². The van der Waals surface area contributed by atoms with Crippen LogP contribution >= 0.6 is 23.2 Å². The molecule has 1 spiro atoms. The lowest BCUT2D eigenvalue weighted by atomic mass is 9.63. The molecule has 5 aromatic rings. The largest absolute Gasteiger partial charge is 0.495 e. The predicted octanol–water partition coefficient (Wildman–Crippen LogP) is 8.55. The van der Waals surface area contributed by atoms with Crippen molar-refractivity contribution >= 4 is 46.5 Å². The zero-order valence-corrected chi connectivity index (χ0v) is 30.9. The number of carbonyl (C=O) groups is 2. The van der Waals surface area contributed by atoms with E-state index in [1.165, 1.54) is 19.2 Å². The lowest BCUT2D eigenvalue weighted by Crippen LogP contribution is -2.48. The second-order valence-electron chi connectivity index (χ2n) is 14.9. The van der Waals surface area contributed by atoms with E-state index in [4.69, 9.17) is 27.9 Å². The van der Waals surface area contributed by atoms with Crippen molar-refractivity contribution in [1.29, 1.82) is 0 Å². The molecule has 1 saturated heterocycles. The van der Waals surface area contributed by atoms with Gasteiger partial charge in [0.2, 0.25) is 5.91 Å². The van der Waals surface area contributed by atoms with Crippen LogP contribution in [0.25, 0.3) is 11.1 Å². The van der Waals surface area contributed by atoms with Gasteiger partial charge in [0, 0.05) is 58.0 Å². The van der Waals surface area contributed by atoms with Gasteiger partial charge < -0.3 is 25.4 Å². The number of amides is 1. The molecule has 0 unspecified atom stereocenters. The van der Waals surface area contributed by atoms with Gasteiger partial charge in [-0.05, 0) is 76.6 Å². The summed E-state index contributed by atoms with van der Waals surface area (Å²) in [5.41, 5.74) is 5.94. The van der Waals surface area contributed by atoms with E-state index < -0.39 is 23.3 Å². The standard InChI is InChI=1S/C41H41Cl2N5O4/c1-40(2,3)19-35-41(23-48(33-16-14-28(42)18-30(33)41)22-24-9-11-25(12-10-24)27-20-44-45-21-27)36(29-7-5-6-8-31(29)43)37(47-35)38(49)46-32-15-13-26(39(50)51)17-34(32)52-4/h5-18,20-21,35-37,47H,19,22-23H2,1-4H3,(H,44,45)(H,46,49)(H,50,51)/t35-,36-,37+,41-/m0/s1. The summed E-state index contributed by atoms with van der Waals surface area (Å²) in [7, 11) is 1.45. The summed E-state index contributed by atoms with van der Waals surface area (Å²) >= 11 is 13.9. The second-order valence-corrected chi connectivity index (χ2v) is 15.8. The van der Waals surface area contributed by atoms with Crippen molar-refractivity contribution in [2.24, 2.45) is 5.41 Å². The number of aromatic amines is 1. The van der Waals surface area contributed by atoms with Crippen LogP contribution in [0.3, 0.4) is 0 Å². The highest BCUT2D eigenvalue weighted by Gasteiger charge is 2.62. The van der Waals surface area contributed by atoms with Crippen LogP contribution < -0.4 is 20.3 Å². The van der Waals surface area contributed by atoms with Gasteiger partial charge in [0.05, 0.1) is 30.6 Å². The van der Waals surface area contributed by atoms with Crippen LogP contribution in [0.5, 0.6) is 5.75 Å². The van der Waals surface area contributed by atoms with Crippen molar-refractivity contribution in [3.63, 3.8) is 0 Å². The Kier molecular flexibility index (Phi) is 9.54. The predicted molar refractivity (Wildman–Crippen MR) is 206 cm³/mol. The quantitative estimate of drug-likeness (QED) is 0.120. The van der Waals surface area contributed by atoms with E-state index in [9.17, 15) is 14.7 Å². The van der Waals surface area contributed by atoms with E-state index in [2.05, 4.69) is 82.9 Å². The number of carbonyl (C=O) groups excluding carboxylic acids is 1. The molecule has 1 amide bonds. The van der Waals surface area contributed by atoms with Crippen molar-refractivity contribution in [2.45, 2.75) is 57.2 Å². The molecule has 4 atom stereocenters. The number of methoxy groups -OCH3 is 1. The highest BCUT2D eigenvalue weighted by molar-refractivity contribution is 6.31. The summed E-state index contributed by atoms with van der Waals surface area (Å²) in [4.78, 5) is 28.8. The monoisotopic (exact) mass is 737 g/mol. The van der Waals surface area contributed by atoms with E-state index in [0.29, 0.717) is 28.8 Å². The topological polar surface area (TPSA) is 120 Å². The Morgan fingerprint density at radius 1 is 1.02 bits per heavy atom. The number of rotatable bonds is 9. The summed E-state index contributed by atoms with van der Waals surface area (Å²) in [5.74, 6) is -1.52. The maximum absolute atomic E-state index is 14.7. The number of hydrogen-bond donors (Lipinski definition) is 4. The summed E-state index contributed by atoms with van der Waals surface area (Å²) in [6.45, 7) is 7.88. The van der Waals surface area contributed by atoms with Gasteiger partial charge in [-0.1, -0.05) is 86.4 Å². The molecule has 52 heavy (non-hydrogen) atoms. The first-order chi connectivity index (χ1) is 24.9. The second kappa shape index (κ2) is 14.0. The molecule has 0 saturated carbocycles. The average molecular weight is 739 g/mol. The molecule has 0 bridgehead atoms. The van der Waals surface area contributed by atoms with Crippen LogP contribution in [0.1, 0.15) is 60.2 Å². The van der Waals surface area contributed by atoms with Gasteiger partial charge in [-0.25, -0.2) is 4.79 Å². The minimum Gasteiger partial charge on any atom is -0.495 e. The van der Waals surface area contributed by atoms with Crippen LogP contribution in [0.2, 0.25) is 10.0 Å². The molecule has 1 fully saturated rings.